The molecule has 2 heterocycles. The van der Waals surface area contributed by atoms with Crippen LogP contribution in [0.25, 0.3) is 154 Å². The fourth-order valence-electron chi connectivity index (χ4n) is 15.2. The minimum Gasteiger partial charge on any atom is -0.456 e. The highest BCUT2D eigenvalue weighted by molar-refractivity contribution is 9.10. The summed E-state index contributed by atoms with van der Waals surface area (Å²) in [5.74, 6) is 0. The van der Waals surface area contributed by atoms with Gasteiger partial charge in [0, 0.05) is 54.5 Å². The van der Waals surface area contributed by atoms with Crippen LogP contribution < -0.4 is 10.2 Å². The van der Waals surface area contributed by atoms with E-state index < -0.39 is 0 Å². The summed E-state index contributed by atoms with van der Waals surface area (Å²) in [6, 6.07) is 142. The molecule has 0 unspecified atom stereocenters. The Kier molecular flexibility index (Phi) is 17.2. The maximum absolute atomic E-state index is 6.09. The molecule has 0 bridgehead atoms. The van der Waals surface area contributed by atoms with Gasteiger partial charge in [-0.3, -0.25) is 0 Å². The maximum atomic E-state index is 6.09. The molecule has 0 aliphatic carbocycles. The normalized spacial score (nSPS) is 11.3. The topological polar surface area (TPSA) is 41.6 Å². The van der Waals surface area contributed by atoms with Crippen LogP contribution in [0, 0.1) is 0 Å². The molecule has 105 heavy (non-hydrogen) atoms. The van der Waals surface area contributed by atoms with E-state index in [4.69, 9.17) is 8.83 Å². The minimum absolute atomic E-state index is 0.911. The molecule has 18 aromatic carbocycles. The Bertz CT molecular complexity index is 6400. The number of furan rings is 2. The van der Waals surface area contributed by atoms with E-state index in [-0.39, 0.29) is 0 Å². The average Bonchev–Trinajstić information content (AvgIpc) is 1.64. The Hall–Kier alpha value is -13.3. The van der Waals surface area contributed by atoms with Gasteiger partial charge in [0.2, 0.25) is 0 Å². The number of nitrogens with zero attached hydrogens (tertiary/aromatic N) is 1. The highest BCUT2D eigenvalue weighted by atomic mass is 79.9. The molecule has 2 aromatic heterocycles. The quantitative estimate of drug-likeness (QED) is 0.131. The fourth-order valence-corrected chi connectivity index (χ4v) is 15.4. The van der Waals surface area contributed by atoms with E-state index in [0.29, 0.717) is 0 Å². The van der Waals surface area contributed by atoms with E-state index in [1.54, 1.807) is 0 Å². The zero-order valence-electron chi connectivity index (χ0n) is 57.2. The first kappa shape index (κ1) is 63.8. The van der Waals surface area contributed by atoms with Crippen LogP contribution in [0.15, 0.2) is 414 Å². The second-order valence-electron chi connectivity index (χ2n) is 26.4. The summed E-state index contributed by atoms with van der Waals surface area (Å²) in [5, 5.41) is 18.2. The van der Waals surface area contributed by atoms with Crippen molar-refractivity contribution in [1.82, 2.24) is 0 Å². The second-order valence-corrected chi connectivity index (χ2v) is 27.3. The van der Waals surface area contributed by atoms with Gasteiger partial charge in [0.1, 0.15) is 22.3 Å². The molecule has 0 amide bonds. The first-order valence-electron chi connectivity index (χ1n) is 35.5. The molecule has 0 radical (unpaired) electrons. The zero-order valence-corrected chi connectivity index (χ0v) is 58.8. The number of benzene rings is 18. The SMILES string of the molecule is Brc1ccc(-c2c3ccccc3c(-c3ccccc3)c3ccccc23)cc1.c1ccc(-c2c3ccccc3c(-c3ccc(N(c4ccccc4)c4ccc(-c5ccc6oc7ccccc7c6c5)cc4)cc3)c3ccccc23)cc1.c1ccc(Nc2ccc(-c3ccc4oc5ccccc5c4c3)cc2)cc1. The van der Waals surface area contributed by atoms with Crippen LogP contribution in [0.2, 0.25) is 0 Å². The summed E-state index contributed by atoms with van der Waals surface area (Å²) < 4.78 is 13.1. The van der Waals surface area contributed by atoms with Gasteiger partial charge < -0.3 is 19.1 Å². The van der Waals surface area contributed by atoms with Gasteiger partial charge in [0.15, 0.2) is 0 Å². The highest BCUT2D eigenvalue weighted by Gasteiger charge is 2.21. The van der Waals surface area contributed by atoms with E-state index >= 15 is 0 Å². The summed E-state index contributed by atoms with van der Waals surface area (Å²) >= 11 is 3.56. The number of hydrogen-bond donors (Lipinski definition) is 1. The lowest BCUT2D eigenvalue weighted by molar-refractivity contribution is 0.668. The number of anilines is 5. The predicted octanol–water partition coefficient (Wildman–Crippen LogP) is 29.4. The molecule has 0 aliphatic heterocycles. The van der Waals surface area contributed by atoms with E-state index in [1.165, 1.54) is 104 Å². The minimum atomic E-state index is 0.911. The molecule has 1 N–H and O–H groups in total. The fraction of sp³-hybridized carbons (Fsp3) is 0. The summed E-state index contributed by atoms with van der Waals surface area (Å²) in [5.41, 5.74) is 23.9. The van der Waals surface area contributed by atoms with E-state index in [1.807, 2.05) is 48.5 Å². The largest absolute Gasteiger partial charge is 0.456 e. The molecule has 20 rings (SSSR count). The summed E-state index contributed by atoms with van der Waals surface area (Å²) in [7, 11) is 0. The third-order valence-corrected chi connectivity index (χ3v) is 20.6. The Labute approximate surface area is 617 Å². The van der Waals surface area contributed by atoms with Gasteiger partial charge in [-0.2, -0.15) is 0 Å². The van der Waals surface area contributed by atoms with Gasteiger partial charge in [-0.25, -0.2) is 0 Å². The summed E-state index contributed by atoms with van der Waals surface area (Å²) in [6.45, 7) is 0. The monoisotopic (exact) mass is 1410 g/mol. The molecule has 0 saturated carbocycles. The van der Waals surface area contributed by atoms with Crippen molar-refractivity contribution in [2.24, 2.45) is 0 Å². The van der Waals surface area contributed by atoms with Crippen LogP contribution >= 0.6 is 15.9 Å². The number of para-hydroxylation sites is 4. The van der Waals surface area contributed by atoms with Crippen molar-refractivity contribution >= 4 is 131 Å². The number of halogens is 1. The molecule has 20 aromatic rings. The predicted molar refractivity (Wildman–Crippen MR) is 449 cm³/mol. The van der Waals surface area contributed by atoms with Crippen molar-refractivity contribution in [3.05, 3.63) is 405 Å². The van der Waals surface area contributed by atoms with Crippen LogP contribution in [0.5, 0.6) is 0 Å². The number of rotatable bonds is 11. The number of hydrogen-bond acceptors (Lipinski definition) is 4. The lowest BCUT2D eigenvalue weighted by Gasteiger charge is -2.26. The molecule has 4 nitrogen and oxygen atoms in total. The van der Waals surface area contributed by atoms with Gasteiger partial charge in [-0.15, -0.1) is 0 Å². The molecule has 0 aliphatic rings. The molecule has 496 valence electrons. The van der Waals surface area contributed by atoms with Gasteiger partial charge in [0.25, 0.3) is 0 Å². The Balaban J connectivity index is 0.000000124. The Morgan fingerprint density at radius 3 is 0.829 bits per heavy atom. The molecule has 0 fully saturated rings. The molecule has 0 atom stereocenters. The lowest BCUT2D eigenvalue weighted by atomic mass is 9.86. The van der Waals surface area contributed by atoms with Crippen LogP contribution in [-0.4, -0.2) is 0 Å². The van der Waals surface area contributed by atoms with Crippen LogP contribution in [0.3, 0.4) is 0 Å². The van der Waals surface area contributed by atoms with Crippen molar-refractivity contribution in [1.29, 1.82) is 0 Å². The van der Waals surface area contributed by atoms with Crippen molar-refractivity contribution < 1.29 is 8.83 Å². The first-order valence-corrected chi connectivity index (χ1v) is 36.3. The van der Waals surface area contributed by atoms with Crippen molar-refractivity contribution in [3.63, 3.8) is 0 Å². The zero-order chi connectivity index (χ0) is 70.0. The maximum Gasteiger partial charge on any atom is 0.135 e. The number of fused-ring (bicyclic) bond motifs is 10. The average molecular weight is 1410 g/mol. The molecular weight excluding hydrogens is 1340 g/mol. The lowest BCUT2D eigenvalue weighted by Crippen LogP contribution is -2.09. The Morgan fingerprint density at radius 2 is 0.448 bits per heavy atom. The van der Waals surface area contributed by atoms with E-state index in [0.717, 1.165) is 82.4 Å². The van der Waals surface area contributed by atoms with Crippen molar-refractivity contribution in [2.45, 2.75) is 0 Å². The highest BCUT2D eigenvalue weighted by Crippen LogP contribution is 2.47. The van der Waals surface area contributed by atoms with Crippen molar-refractivity contribution in [2.75, 3.05) is 10.2 Å². The Morgan fingerprint density at radius 1 is 0.190 bits per heavy atom. The van der Waals surface area contributed by atoms with Gasteiger partial charge in [-0.05, 0) is 219 Å². The van der Waals surface area contributed by atoms with Gasteiger partial charge in [-0.1, -0.05) is 307 Å². The standard InChI is InChI=1S/C50H33NO.C26H17Br.C24H17NO/c1-3-13-35(14-4-1)49-42-18-7-9-20-44(42)50(45-21-10-8-19-43(45)49)36-25-30-40(31-26-36)51(38-15-5-2-6-16-38)39-28-23-34(24-29-39)37-27-32-48-46(33-37)41-17-11-12-22-47(41)52-48;27-20-16-14-19(15-17-20)26-23-12-6-4-10-21(23)25(18-8-2-1-3-9-18)22-11-5-7-13-24(22)26;1-2-6-19(7-3-1)25-20-13-10-17(11-14-20)18-12-15-24-22(16-18)21-8-4-5-9-23(21)26-24/h1-33H;1-17H;1-16,25H. The van der Waals surface area contributed by atoms with Gasteiger partial charge >= 0.3 is 0 Å². The van der Waals surface area contributed by atoms with E-state index in [9.17, 15) is 0 Å². The van der Waals surface area contributed by atoms with Gasteiger partial charge in [0.05, 0.1) is 0 Å². The third kappa shape index (κ3) is 12.5. The number of nitrogens with one attached hydrogen (secondary N) is 1. The summed E-state index contributed by atoms with van der Waals surface area (Å²) in [4.78, 5) is 2.33. The third-order valence-electron chi connectivity index (χ3n) is 20.0. The second kappa shape index (κ2) is 28.2. The molecule has 0 spiro atoms. The van der Waals surface area contributed by atoms with Crippen LogP contribution in [0.1, 0.15) is 0 Å². The smallest absolute Gasteiger partial charge is 0.135 e. The molecule has 5 heteroatoms. The van der Waals surface area contributed by atoms with E-state index in [2.05, 4.69) is 378 Å². The van der Waals surface area contributed by atoms with Crippen molar-refractivity contribution in [3.8, 4) is 66.8 Å². The first-order chi connectivity index (χ1) is 52.0. The molecular formula is C100H67BrN2O2. The van der Waals surface area contributed by atoms with Crippen LogP contribution in [0.4, 0.5) is 28.4 Å². The van der Waals surface area contributed by atoms with Crippen LogP contribution in [-0.2, 0) is 0 Å². The molecule has 0 saturated heterocycles. The summed E-state index contributed by atoms with van der Waals surface area (Å²) in [6.07, 6.45) is 0.